The maximum absolute atomic E-state index is 12.3. The molecule has 0 heterocycles. The molecule has 1 saturated carbocycles. The summed E-state index contributed by atoms with van der Waals surface area (Å²) in [5.41, 5.74) is 0.0165. The number of nitrogens with one attached hydrogen (secondary N) is 1. The van der Waals surface area contributed by atoms with E-state index in [9.17, 15) is 9.59 Å². The Bertz CT molecular complexity index is 349. The number of methoxy groups -OCH3 is 1. The standard InChI is InChI=1S/C15H27NO3/c1-9(2)7-12(14(18)19-6)16-13(17)11-8-10(3)15(11,4)5/h9-12H,7-8H2,1-6H3,(H,16,17)/t10-,11-,12+/m1/s1. The normalized spacial score (nSPS) is 26.5. The summed E-state index contributed by atoms with van der Waals surface area (Å²) in [5.74, 6) is 0.510. The van der Waals surface area contributed by atoms with E-state index in [1.165, 1.54) is 7.11 Å². The second-order valence-corrected chi connectivity index (χ2v) is 6.72. The van der Waals surface area contributed by atoms with E-state index >= 15 is 0 Å². The van der Waals surface area contributed by atoms with Gasteiger partial charge in [0.15, 0.2) is 0 Å². The SMILES string of the molecule is COC(=O)[C@H](CC(C)C)NC(=O)[C@H]1C[C@@H](C)C1(C)C. The summed E-state index contributed by atoms with van der Waals surface area (Å²) < 4.78 is 4.76. The number of amides is 1. The third-order valence-electron chi connectivity index (χ3n) is 4.58. The number of ether oxygens (including phenoxy) is 1. The van der Waals surface area contributed by atoms with Crippen molar-refractivity contribution in [3.63, 3.8) is 0 Å². The van der Waals surface area contributed by atoms with Crippen molar-refractivity contribution in [3.05, 3.63) is 0 Å². The highest BCUT2D eigenvalue weighted by molar-refractivity contribution is 5.86. The van der Waals surface area contributed by atoms with Crippen LogP contribution in [0.15, 0.2) is 0 Å². The molecular weight excluding hydrogens is 242 g/mol. The zero-order valence-corrected chi connectivity index (χ0v) is 12.9. The number of esters is 1. The Kier molecular flexibility index (Phi) is 4.99. The maximum atomic E-state index is 12.3. The van der Waals surface area contributed by atoms with Gasteiger partial charge in [0, 0.05) is 5.92 Å². The smallest absolute Gasteiger partial charge is 0.328 e. The molecule has 0 unspecified atom stereocenters. The van der Waals surface area contributed by atoms with Crippen molar-refractivity contribution in [1.82, 2.24) is 5.32 Å². The van der Waals surface area contributed by atoms with Gasteiger partial charge in [-0.15, -0.1) is 0 Å². The molecule has 0 saturated heterocycles. The van der Waals surface area contributed by atoms with E-state index in [-0.39, 0.29) is 23.2 Å². The Labute approximate surface area is 116 Å². The molecule has 1 aliphatic rings. The Morgan fingerprint density at radius 1 is 1.37 bits per heavy atom. The molecule has 0 aromatic carbocycles. The Morgan fingerprint density at radius 2 is 1.95 bits per heavy atom. The van der Waals surface area contributed by atoms with Crippen molar-refractivity contribution < 1.29 is 14.3 Å². The molecule has 0 spiro atoms. The Balaban J connectivity index is 2.64. The van der Waals surface area contributed by atoms with Gasteiger partial charge in [-0.25, -0.2) is 4.79 Å². The summed E-state index contributed by atoms with van der Waals surface area (Å²) in [4.78, 5) is 24.0. The Morgan fingerprint density at radius 3 is 2.32 bits per heavy atom. The van der Waals surface area contributed by atoms with Gasteiger partial charge in [-0.1, -0.05) is 34.6 Å². The predicted molar refractivity (Wildman–Crippen MR) is 74.5 cm³/mol. The van der Waals surface area contributed by atoms with E-state index in [4.69, 9.17) is 4.74 Å². The molecule has 0 aromatic rings. The van der Waals surface area contributed by atoms with Crippen molar-refractivity contribution in [1.29, 1.82) is 0 Å². The molecule has 0 bridgehead atoms. The number of hydrogen-bond donors (Lipinski definition) is 1. The van der Waals surface area contributed by atoms with Crippen molar-refractivity contribution in [2.24, 2.45) is 23.2 Å². The summed E-state index contributed by atoms with van der Waals surface area (Å²) in [5, 5.41) is 2.86. The lowest BCUT2D eigenvalue weighted by Gasteiger charge is -2.50. The van der Waals surface area contributed by atoms with Crippen LogP contribution in [0.2, 0.25) is 0 Å². The molecule has 0 aromatic heterocycles. The average molecular weight is 269 g/mol. The summed E-state index contributed by atoms with van der Waals surface area (Å²) >= 11 is 0. The summed E-state index contributed by atoms with van der Waals surface area (Å²) in [7, 11) is 1.36. The second-order valence-electron chi connectivity index (χ2n) is 6.72. The van der Waals surface area contributed by atoms with Crippen LogP contribution >= 0.6 is 0 Å². The molecule has 1 aliphatic carbocycles. The van der Waals surface area contributed by atoms with Crippen LogP contribution in [-0.2, 0) is 14.3 Å². The van der Waals surface area contributed by atoms with Gasteiger partial charge in [-0.05, 0) is 30.1 Å². The maximum Gasteiger partial charge on any atom is 0.328 e. The van der Waals surface area contributed by atoms with Crippen LogP contribution < -0.4 is 5.32 Å². The van der Waals surface area contributed by atoms with Gasteiger partial charge >= 0.3 is 5.97 Å². The summed E-state index contributed by atoms with van der Waals surface area (Å²) in [6.45, 7) is 10.4. The fourth-order valence-corrected chi connectivity index (χ4v) is 2.69. The third-order valence-corrected chi connectivity index (χ3v) is 4.58. The van der Waals surface area contributed by atoms with Crippen LogP contribution in [0.5, 0.6) is 0 Å². The number of carbonyl (C=O) groups is 2. The van der Waals surface area contributed by atoms with E-state index in [1.807, 2.05) is 13.8 Å². The van der Waals surface area contributed by atoms with Crippen molar-refractivity contribution >= 4 is 11.9 Å². The first kappa shape index (κ1) is 16.0. The minimum atomic E-state index is -0.524. The van der Waals surface area contributed by atoms with E-state index in [1.54, 1.807) is 0 Å². The van der Waals surface area contributed by atoms with Gasteiger partial charge in [0.25, 0.3) is 0 Å². The van der Waals surface area contributed by atoms with Crippen LogP contribution in [0.4, 0.5) is 0 Å². The van der Waals surface area contributed by atoms with E-state index < -0.39 is 6.04 Å². The Hall–Kier alpha value is -1.06. The quantitative estimate of drug-likeness (QED) is 0.780. The van der Waals surface area contributed by atoms with Crippen LogP contribution in [0, 0.1) is 23.2 Å². The largest absolute Gasteiger partial charge is 0.467 e. The molecule has 1 rings (SSSR count). The molecule has 1 fully saturated rings. The van der Waals surface area contributed by atoms with Crippen molar-refractivity contribution in [2.45, 2.75) is 53.5 Å². The lowest BCUT2D eigenvalue weighted by molar-refractivity contribution is -0.150. The molecule has 3 atom stereocenters. The first-order valence-electron chi connectivity index (χ1n) is 7.08. The predicted octanol–water partition coefficient (Wildman–Crippen LogP) is 2.37. The van der Waals surface area contributed by atoms with Crippen molar-refractivity contribution in [2.75, 3.05) is 7.11 Å². The van der Waals surface area contributed by atoms with Gasteiger partial charge in [0.05, 0.1) is 7.11 Å². The number of rotatable bonds is 5. The van der Waals surface area contributed by atoms with Gasteiger partial charge in [0.2, 0.25) is 5.91 Å². The van der Waals surface area contributed by atoms with Gasteiger partial charge < -0.3 is 10.1 Å². The molecule has 19 heavy (non-hydrogen) atoms. The van der Waals surface area contributed by atoms with Gasteiger partial charge in [-0.3, -0.25) is 4.79 Å². The molecule has 4 nitrogen and oxygen atoms in total. The summed E-state index contributed by atoms with van der Waals surface area (Å²) in [6.07, 6.45) is 1.51. The fourth-order valence-electron chi connectivity index (χ4n) is 2.69. The van der Waals surface area contributed by atoms with Crippen LogP contribution in [0.1, 0.15) is 47.5 Å². The molecule has 110 valence electrons. The van der Waals surface area contributed by atoms with E-state index in [0.29, 0.717) is 18.3 Å². The lowest BCUT2D eigenvalue weighted by Crippen LogP contribution is -2.54. The fraction of sp³-hybridized carbons (Fsp3) is 0.867. The lowest BCUT2D eigenvalue weighted by atomic mass is 9.55. The highest BCUT2D eigenvalue weighted by Gasteiger charge is 2.49. The molecule has 4 heteroatoms. The van der Waals surface area contributed by atoms with E-state index in [2.05, 4.69) is 26.1 Å². The molecular formula is C15H27NO3. The number of hydrogen-bond acceptors (Lipinski definition) is 3. The third kappa shape index (κ3) is 3.48. The zero-order valence-electron chi connectivity index (χ0n) is 12.9. The monoisotopic (exact) mass is 269 g/mol. The first-order chi connectivity index (χ1) is 8.70. The molecule has 0 aliphatic heterocycles. The minimum absolute atomic E-state index is 0.00168. The van der Waals surface area contributed by atoms with Crippen LogP contribution in [-0.4, -0.2) is 25.0 Å². The average Bonchev–Trinajstić information content (AvgIpc) is 2.33. The van der Waals surface area contributed by atoms with Gasteiger partial charge in [-0.2, -0.15) is 0 Å². The number of carbonyl (C=O) groups excluding carboxylic acids is 2. The summed E-state index contributed by atoms with van der Waals surface area (Å²) in [6, 6.07) is -0.524. The second kappa shape index (κ2) is 5.93. The zero-order chi connectivity index (χ0) is 14.8. The minimum Gasteiger partial charge on any atom is -0.467 e. The first-order valence-corrected chi connectivity index (χ1v) is 7.08. The topological polar surface area (TPSA) is 55.4 Å². The van der Waals surface area contributed by atoms with E-state index in [0.717, 1.165) is 6.42 Å². The van der Waals surface area contributed by atoms with Gasteiger partial charge in [0.1, 0.15) is 6.04 Å². The highest BCUT2D eigenvalue weighted by atomic mass is 16.5. The highest BCUT2D eigenvalue weighted by Crippen LogP contribution is 2.50. The molecule has 1 amide bonds. The van der Waals surface area contributed by atoms with Crippen LogP contribution in [0.25, 0.3) is 0 Å². The van der Waals surface area contributed by atoms with Crippen LogP contribution in [0.3, 0.4) is 0 Å². The van der Waals surface area contributed by atoms with Crippen molar-refractivity contribution in [3.8, 4) is 0 Å². The molecule has 0 radical (unpaired) electrons. The molecule has 1 N–H and O–H groups in total.